The van der Waals surface area contributed by atoms with Crippen LogP contribution in [0.2, 0.25) is 0 Å². The number of hydrogen-bond acceptors (Lipinski definition) is 4. The molecule has 1 aromatic carbocycles. The smallest absolute Gasteiger partial charge is 0.347 e. The average Bonchev–Trinajstić information content (AvgIpc) is 2.35. The molecule has 0 radical (unpaired) electrons. The minimum absolute atomic E-state index is 0.288. The van der Waals surface area contributed by atoms with Gasteiger partial charge in [0.2, 0.25) is 0 Å². The van der Waals surface area contributed by atoms with Crippen LogP contribution in [0.25, 0.3) is 0 Å². The molecule has 0 aliphatic carbocycles. The van der Waals surface area contributed by atoms with E-state index in [1.165, 1.54) is 6.07 Å². The Morgan fingerprint density at radius 2 is 2.11 bits per heavy atom. The second kappa shape index (κ2) is 7.09. The lowest BCUT2D eigenvalue weighted by molar-refractivity contribution is -0.151. The summed E-state index contributed by atoms with van der Waals surface area (Å²) < 4.78 is 24.0. The lowest BCUT2D eigenvalue weighted by atomic mass is 10.1. The van der Waals surface area contributed by atoms with Gasteiger partial charge in [0.1, 0.15) is 11.6 Å². The second-order valence-corrected chi connectivity index (χ2v) is 4.24. The molecule has 0 bridgehead atoms. The minimum Gasteiger partial charge on any atom is -0.479 e. The maximum atomic E-state index is 13.7. The van der Waals surface area contributed by atoms with Gasteiger partial charge in [-0.3, -0.25) is 0 Å². The van der Waals surface area contributed by atoms with Crippen molar-refractivity contribution >= 4 is 5.97 Å². The lowest BCUT2D eigenvalue weighted by Crippen LogP contribution is -2.28. The Balaban J connectivity index is 2.81. The Bertz CT molecular complexity index is 435. The van der Waals surface area contributed by atoms with Crippen LogP contribution in [0.5, 0.6) is 5.75 Å². The molecule has 0 aliphatic heterocycles. The number of benzene rings is 1. The Morgan fingerprint density at radius 3 is 2.58 bits per heavy atom. The maximum absolute atomic E-state index is 13.7. The highest BCUT2D eigenvalue weighted by atomic mass is 19.1. The Hall–Kier alpha value is -1.62. The van der Waals surface area contributed by atoms with Gasteiger partial charge >= 0.3 is 5.97 Å². The molecule has 106 valence electrons. The maximum Gasteiger partial charge on any atom is 0.347 e. The van der Waals surface area contributed by atoms with Crippen LogP contribution in [0.1, 0.15) is 38.8 Å². The molecule has 0 saturated carbocycles. The van der Waals surface area contributed by atoms with Crippen LogP contribution in [-0.2, 0) is 9.53 Å². The number of carbonyl (C=O) groups is 1. The Labute approximate surface area is 112 Å². The molecule has 1 aromatic rings. The van der Waals surface area contributed by atoms with Gasteiger partial charge in [0.05, 0.1) is 6.61 Å². The monoisotopic (exact) mass is 269 g/mol. The predicted octanol–water partition coefficient (Wildman–Crippen LogP) is 2.57. The average molecular weight is 269 g/mol. The SMILES string of the molecule is CCOC(=O)C(CC)Oc1ccc([C@@H](C)N)c(F)c1. The lowest BCUT2D eigenvalue weighted by Gasteiger charge is -2.17. The summed E-state index contributed by atoms with van der Waals surface area (Å²) in [4.78, 5) is 11.6. The fraction of sp³-hybridized carbons (Fsp3) is 0.500. The number of rotatable bonds is 6. The van der Waals surface area contributed by atoms with Crippen molar-refractivity contribution in [1.29, 1.82) is 0 Å². The van der Waals surface area contributed by atoms with E-state index in [9.17, 15) is 9.18 Å². The van der Waals surface area contributed by atoms with Crippen molar-refractivity contribution in [2.45, 2.75) is 39.3 Å². The number of carbonyl (C=O) groups excluding carboxylic acids is 1. The molecule has 2 atom stereocenters. The largest absolute Gasteiger partial charge is 0.479 e. The first-order valence-electron chi connectivity index (χ1n) is 6.37. The quantitative estimate of drug-likeness (QED) is 0.806. The van der Waals surface area contributed by atoms with Crippen molar-refractivity contribution in [3.05, 3.63) is 29.6 Å². The van der Waals surface area contributed by atoms with E-state index < -0.39 is 17.9 Å². The molecule has 1 rings (SSSR count). The van der Waals surface area contributed by atoms with Crippen LogP contribution >= 0.6 is 0 Å². The number of esters is 1. The van der Waals surface area contributed by atoms with Gasteiger partial charge in [-0.2, -0.15) is 0 Å². The molecule has 19 heavy (non-hydrogen) atoms. The second-order valence-electron chi connectivity index (χ2n) is 4.24. The van der Waals surface area contributed by atoms with Gasteiger partial charge < -0.3 is 15.2 Å². The predicted molar refractivity (Wildman–Crippen MR) is 70.3 cm³/mol. The van der Waals surface area contributed by atoms with Gasteiger partial charge in [0.25, 0.3) is 0 Å². The van der Waals surface area contributed by atoms with Crippen molar-refractivity contribution in [2.75, 3.05) is 6.61 Å². The number of nitrogens with two attached hydrogens (primary N) is 1. The Morgan fingerprint density at radius 1 is 1.42 bits per heavy atom. The molecular formula is C14H20FNO3. The van der Waals surface area contributed by atoms with Gasteiger partial charge in [-0.05, 0) is 26.3 Å². The van der Waals surface area contributed by atoms with Crippen molar-refractivity contribution in [1.82, 2.24) is 0 Å². The molecule has 4 nitrogen and oxygen atoms in total. The zero-order chi connectivity index (χ0) is 14.4. The van der Waals surface area contributed by atoms with Crippen LogP contribution in [0.15, 0.2) is 18.2 Å². The van der Waals surface area contributed by atoms with E-state index in [0.29, 0.717) is 17.7 Å². The van der Waals surface area contributed by atoms with Gasteiger partial charge in [0, 0.05) is 17.7 Å². The third-order valence-electron chi connectivity index (χ3n) is 2.66. The summed E-state index contributed by atoms with van der Waals surface area (Å²) in [6.45, 7) is 5.51. The molecule has 2 N–H and O–H groups in total. The summed E-state index contributed by atoms with van der Waals surface area (Å²) in [6.07, 6.45) is -0.268. The van der Waals surface area contributed by atoms with Crippen LogP contribution in [0, 0.1) is 5.82 Å². The molecule has 1 unspecified atom stereocenters. The summed E-state index contributed by atoms with van der Waals surface area (Å²) in [7, 11) is 0. The van der Waals surface area contributed by atoms with Gasteiger partial charge in [0.15, 0.2) is 6.10 Å². The molecule has 5 heteroatoms. The summed E-state index contributed by atoms with van der Waals surface area (Å²) in [5.74, 6) is -0.588. The van der Waals surface area contributed by atoms with E-state index in [4.69, 9.17) is 15.2 Å². The van der Waals surface area contributed by atoms with E-state index in [1.807, 2.05) is 0 Å². The standard InChI is InChI=1S/C14H20FNO3/c1-4-13(14(17)18-5-2)19-10-6-7-11(9(3)16)12(15)8-10/h6-9,13H,4-5,16H2,1-3H3/t9-,13?/m1/s1. The van der Waals surface area contributed by atoms with Crippen molar-refractivity contribution in [3.63, 3.8) is 0 Å². The molecule has 0 spiro atoms. The van der Waals surface area contributed by atoms with Gasteiger partial charge in [-0.25, -0.2) is 9.18 Å². The van der Waals surface area contributed by atoms with Crippen molar-refractivity contribution < 1.29 is 18.7 Å². The van der Waals surface area contributed by atoms with E-state index in [1.54, 1.807) is 32.9 Å². The molecule has 0 aromatic heterocycles. The first-order valence-corrected chi connectivity index (χ1v) is 6.37. The molecule has 0 aliphatic rings. The summed E-state index contributed by atoms with van der Waals surface area (Å²) in [5.41, 5.74) is 6.04. The van der Waals surface area contributed by atoms with E-state index in [0.717, 1.165) is 0 Å². The van der Waals surface area contributed by atoms with Crippen LogP contribution in [0.3, 0.4) is 0 Å². The summed E-state index contributed by atoms with van der Waals surface area (Å²) in [5, 5.41) is 0. The topological polar surface area (TPSA) is 61.5 Å². The molecule has 0 amide bonds. The van der Waals surface area contributed by atoms with Crippen LogP contribution in [-0.4, -0.2) is 18.7 Å². The molecule has 0 heterocycles. The fourth-order valence-corrected chi connectivity index (χ4v) is 1.65. The zero-order valence-corrected chi connectivity index (χ0v) is 11.5. The summed E-state index contributed by atoms with van der Waals surface area (Å²) in [6, 6.07) is 4.01. The highest BCUT2D eigenvalue weighted by Crippen LogP contribution is 2.22. The highest BCUT2D eigenvalue weighted by molar-refractivity contribution is 5.75. The first-order chi connectivity index (χ1) is 8.99. The normalized spacial score (nSPS) is 13.7. The molecular weight excluding hydrogens is 249 g/mol. The van der Waals surface area contributed by atoms with E-state index in [2.05, 4.69) is 0 Å². The number of ether oxygens (including phenoxy) is 2. The minimum atomic E-state index is -0.722. The van der Waals surface area contributed by atoms with E-state index in [-0.39, 0.29) is 12.6 Å². The third-order valence-corrected chi connectivity index (χ3v) is 2.66. The fourth-order valence-electron chi connectivity index (χ4n) is 1.65. The van der Waals surface area contributed by atoms with Crippen LogP contribution < -0.4 is 10.5 Å². The van der Waals surface area contributed by atoms with Crippen molar-refractivity contribution in [3.8, 4) is 5.75 Å². The zero-order valence-electron chi connectivity index (χ0n) is 11.5. The van der Waals surface area contributed by atoms with Gasteiger partial charge in [-0.15, -0.1) is 0 Å². The van der Waals surface area contributed by atoms with E-state index >= 15 is 0 Å². The first kappa shape index (κ1) is 15.4. The van der Waals surface area contributed by atoms with Crippen molar-refractivity contribution in [2.24, 2.45) is 5.73 Å². The van der Waals surface area contributed by atoms with Gasteiger partial charge in [-0.1, -0.05) is 13.0 Å². The number of halogens is 1. The number of hydrogen-bond donors (Lipinski definition) is 1. The third kappa shape index (κ3) is 4.21. The molecule has 0 saturated heterocycles. The summed E-state index contributed by atoms with van der Waals surface area (Å²) >= 11 is 0. The highest BCUT2D eigenvalue weighted by Gasteiger charge is 2.20. The Kier molecular flexibility index (Phi) is 5.76. The van der Waals surface area contributed by atoms with Crippen LogP contribution in [0.4, 0.5) is 4.39 Å². The molecule has 0 fully saturated rings.